The topological polar surface area (TPSA) is 0 Å². The first-order chi connectivity index (χ1) is 11.7. The Morgan fingerprint density at radius 1 is 0.500 bits per heavy atom. The van der Waals surface area contributed by atoms with Gasteiger partial charge in [0.15, 0.2) is 0 Å². The normalized spacial score (nSPS) is 34.0. The Hall–Kier alpha value is 0. The molecule has 0 N–H and O–H groups in total. The van der Waals surface area contributed by atoms with Crippen molar-refractivity contribution in [1.82, 2.24) is 0 Å². The Kier molecular flexibility index (Phi) is 9.80. The molecule has 2 rings (SSSR count). The second-order valence-corrected chi connectivity index (χ2v) is 9.52. The van der Waals surface area contributed by atoms with Crippen LogP contribution in [0.5, 0.6) is 0 Å². The molecular weight excluding hydrogens is 288 g/mol. The van der Waals surface area contributed by atoms with E-state index in [1.807, 2.05) is 0 Å². The highest BCUT2D eigenvalue weighted by Gasteiger charge is 2.37. The fourth-order valence-electron chi connectivity index (χ4n) is 5.67. The van der Waals surface area contributed by atoms with Crippen molar-refractivity contribution in [3.63, 3.8) is 0 Å². The molecule has 2 aliphatic rings. The lowest BCUT2D eigenvalue weighted by Gasteiger charge is -2.44. The van der Waals surface area contributed by atoms with Crippen molar-refractivity contribution in [2.45, 2.75) is 136 Å². The molecule has 2 fully saturated rings. The molecule has 0 amide bonds. The number of hydrogen-bond acceptors (Lipinski definition) is 0. The van der Waals surface area contributed by atoms with E-state index in [-0.39, 0.29) is 0 Å². The van der Waals surface area contributed by atoms with Gasteiger partial charge in [0.1, 0.15) is 0 Å². The van der Waals surface area contributed by atoms with Crippen LogP contribution in [-0.4, -0.2) is 0 Å². The van der Waals surface area contributed by atoms with Crippen molar-refractivity contribution in [3.05, 3.63) is 0 Å². The molecule has 0 aromatic rings. The van der Waals surface area contributed by atoms with E-state index in [1.54, 1.807) is 0 Å². The average Bonchev–Trinajstić information content (AvgIpc) is 2.67. The van der Waals surface area contributed by atoms with Gasteiger partial charge in [-0.05, 0) is 36.5 Å². The summed E-state index contributed by atoms with van der Waals surface area (Å²) in [5, 5.41) is 0. The predicted octanol–water partition coefficient (Wildman–Crippen LogP) is 8.68. The summed E-state index contributed by atoms with van der Waals surface area (Å²) >= 11 is 0. The third kappa shape index (κ3) is 6.72. The molecule has 2 unspecified atom stereocenters. The van der Waals surface area contributed by atoms with Crippen LogP contribution in [0.15, 0.2) is 0 Å². The monoisotopic (exact) mass is 334 g/mol. The molecule has 0 heterocycles. The summed E-state index contributed by atoms with van der Waals surface area (Å²) < 4.78 is 0. The van der Waals surface area contributed by atoms with E-state index < -0.39 is 0 Å². The lowest BCUT2D eigenvalue weighted by Crippen LogP contribution is -2.34. The third-order valence-corrected chi connectivity index (χ3v) is 7.77. The van der Waals surface area contributed by atoms with Crippen LogP contribution in [0.1, 0.15) is 136 Å². The van der Waals surface area contributed by atoms with Crippen LogP contribution in [0, 0.1) is 17.3 Å². The van der Waals surface area contributed by atoms with Crippen LogP contribution in [0.3, 0.4) is 0 Å². The lowest BCUT2D eigenvalue weighted by atomic mass is 9.61. The fraction of sp³-hybridized carbons (Fsp3) is 1.00. The first-order valence-electron chi connectivity index (χ1n) is 11.7. The van der Waals surface area contributed by atoms with Gasteiger partial charge in [-0.2, -0.15) is 0 Å². The molecule has 0 aromatic heterocycles. The van der Waals surface area contributed by atoms with Crippen molar-refractivity contribution in [2.24, 2.45) is 17.3 Å². The molecule has 142 valence electrons. The molecule has 24 heavy (non-hydrogen) atoms. The van der Waals surface area contributed by atoms with Gasteiger partial charge in [-0.15, -0.1) is 0 Å². The van der Waals surface area contributed by atoms with E-state index in [2.05, 4.69) is 13.8 Å². The fourth-order valence-corrected chi connectivity index (χ4v) is 5.67. The molecule has 0 nitrogen and oxygen atoms in total. The van der Waals surface area contributed by atoms with Crippen molar-refractivity contribution >= 4 is 0 Å². The number of hydrogen-bond donors (Lipinski definition) is 0. The highest BCUT2D eigenvalue weighted by Crippen LogP contribution is 2.47. The highest BCUT2D eigenvalue weighted by molar-refractivity contribution is 4.87. The maximum absolute atomic E-state index is 2.71. The highest BCUT2D eigenvalue weighted by atomic mass is 14.4. The van der Waals surface area contributed by atoms with Gasteiger partial charge in [-0.1, -0.05) is 117 Å². The molecular formula is C24H46. The summed E-state index contributed by atoms with van der Waals surface area (Å²) in [5.41, 5.74) is 0.623. The van der Waals surface area contributed by atoms with Crippen LogP contribution in [0.2, 0.25) is 0 Å². The summed E-state index contributed by atoms with van der Waals surface area (Å²) in [6.07, 6.45) is 28.5. The van der Waals surface area contributed by atoms with Crippen molar-refractivity contribution in [1.29, 1.82) is 0 Å². The minimum atomic E-state index is 0.623. The summed E-state index contributed by atoms with van der Waals surface area (Å²) in [5.74, 6) is 1.94. The maximum atomic E-state index is 2.71. The number of rotatable bonds is 1. The van der Waals surface area contributed by atoms with Crippen LogP contribution < -0.4 is 0 Å². The van der Waals surface area contributed by atoms with Crippen molar-refractivity contribution in [3.8, 4) is 0 Å². The van der Waals surface area contributed by atoms with Gasteiger partial charge in [0.25, 0.3) is 0 Å². The second kappa shape index (κ2) is 11.6. The largest absolute Gasteiger partial charge is 0.0620 e. The Morgan fingerprint density at radius 2 is 0.875 bits per heavy atom. The zero-order chi connectivity index (χ0) is 17.1. The van der Waals surface area contributed by atoms with E-state index in [9.17, 15) is 0 Å². The zero-order valence-electron chi connectivity index (χ0n) is 17.1. The SMILES string of the molecule is CC1CCCCCCCCCC1(C)C1CCCCCCCCCC1. The quantitative estimate of drug-likeness (QED) is 0.450. The summed E-state index contributed by atoms with van der Waals surface area (Å²) in [6, 6.07) is 0. The molecule has 2 atom stereocenters. The van der Waals surface area contributed by atoms with E-state index >= 15 is 0 Å². The molecule has 0 aliphatic heterocycles. The molecule has 0 heteroatoms. The lowest BCUT2D eigenvalue weighted by molar-refractivity contribution is 0.0629. The van der Waals surface area contributed by atoms with Gasteiger partial charge in [0.05, 0.1) is 0 Å². The minimum Gasteiger partial charge on any atom is -0.0620 e. The molecule has 2 saturated carbocycles. The minimum absolute atomic E-state index is 0.623. The summed E-state index contributed by atoms with van der Waals surface area (Å²) in [4.78, 5) is 0. The first-order valence-corrected chi connectivity index (χ1v) is 11.7. The predicted molar refractivity (Wildman–Crippen MR) is 108 cm³/mol. The average molecular weight is 335 g/mol. The van der Waals surface area contributed by atoms with Crippen molar-refractivity contribution < 1.29 is 0 Å². The van der Waals surface area contributed by atoms with Crippen LogP contribution in [-0.2, 0) is 0 Å². The standard InChI is InChI=1S/C24H46/c1-22-18-14-10-6-5-9-13-17-21-24(22,2)23-19-15-11-7-3-4-8-12-16-20-23/h22-23H,3-21H2,1-2H3. The zero-order valence-corrected chi connectivity index (χ0v) is 17.1. The van der Waals surface area contributed by atoms with Gasteiger partial charge >= 0.3 is 0 Å². The second-order valence-electron chi connectivity index (χ2n) is 9.52. The van der Waals surface area contributed by atoms with Crippen LogP contribution in [0.25, 0.3) is 0 Å². The van der Waals surface area contributed by atoms with Crippen molar-refractivity contribution in [2.75, 3.05) is 0 Å². The van der Waals surface area contributed by atoms with Gasteiger partial charge in [0.2, 0.25) is 0 Å². The Balaban J connectivity index is 2.03. The molecule has 0 bridgehead atoms. The Labute approximate surface area is 153 Å². The molecule has 0 aromatic carbocycles. The van der Waals surface area contributed by atoms with Gasteiger partial charge in [-0.25, -0.2) is 0 Å². The summed E-state index contributed by atoms with van der Waals surface area (Å²) in [7, 11) is 0. The Morgan fingerprint density at radius 3 is 1.38 bits per heavy atom. The third-order valence-electron chi connectivity index (χ3n) is 7.77. The van der Waals surface area contributed by atoms with E-state index in [0.717, 1.165) is 11.8 Å². The first kappa shape index (κ1) is 20.3. The van der Waals surface area contributed by atoms with E-state index in [4.69, 9.17) is 0 Å². The van der Waals surface area contributed by atoms with Gasteiger partial charge in [0, 0.05) is 0 Å². The maximum Gasteiger partial charge on any atom is -0.0272 e. The van der Waals surface area contributed by atoms with E-state index in [0.29, 0.717) is 5.41 Å². The Bertz CT molecular complexity index is 295. The van der Waals surface area contributed by atoms with Crippen LogP contribution >= 0.6 is 0 Å². The molecule has 0 saturated heterocycles. The van der Waals surface area contributed by atoms with Crippen LogP contribution in [0.4, 0.5) is 0 Å². The molecule has 0 spiro atoms. The smallest absolute Gasteiger partial charge is 0.0272 e. The van der Waals surface area contributed by atoms with Gasteiger partial charge < -0.3 is 0 Å². The molecule has 0 radical (unpaired) electrons. The van der Waals surface area contributed by atoms with Gasteiger partial charge in [-0.3, -0.25) is 0 Å². The molecule has 2 aliphatic carbocycles. The summed E-state index contributed by atoms with van der Waals surface area (Å²) in [6.45, 7) is 5.32. The van der Waals surface area contributed by atoms with E-state index in [1.165, 1.54) is 122 Å².